The summed E-state index contributed by atoms with van der Waals surface area (Å²) in [5, 5.41) is 10.0. The van der Waals surface area contributed by atoms with Gasteiger partial charge in [0.15, 0.2) is 11.5 Å². The van der Waals surface area contributed by atoms with Crippen LogP contribution in [0.3, 0.4) is 0 Å². The molecule has 162 valence electrons. The third kappa shape index (κ3) is 8.05. The van der Waals surface area contributed by atoms with E-state index >= 15 is 0 Å². The SMILES string of the molecule is CCCCCOC(=O)C(=Cc1cc(OC)c(O)c(OC)c1)C(=O)OCCCCC. The molecule has 0 aliphatic rings. The lowest BCUT2D eigenvalue weighted by molar-refractivity contribution is -0.147. The van der Waals surface area contributed by atoms with Gasteiger partial charge in [-0.1, -0.05) is 39.5 Å². The van der Waals surface area contributed by atoms with Crippen LogP contribution in [-0.2, 0) is 19.1 Å². The fourth-order valence-electron chi connectivity index (χ4n) is 2.55. The van der Waals surface area contributed by atoms with E-state index in [2.05, 4.69) is 0 Å². The molecule has 7 heteroatoms. The molecule has 0 saturated carbocycles. The first kappa shape index (κ1) is 24.3. The summed E-state index contributed by atoms with van der Waals surface area (Å²) in [5.41, 5.74) is 0.218. The molecule has 1 N–H and O–H groups in total. The predicted molar refractivity (Wildman–Crippen MR) is 110 cm³/mol. The normalized spacial score (nSPS) is 10.2. The van der Waals surface area contributed by atoms with Crippen molar-refractivity contribution in [2.24, 2.45) is 0 Å². The Morgan fingerprint density at radius 1 is 0.862 bits per heavy atom. The van der Waals surface area contributed by atoms with Crippen LogP contribution in [0.2, 0.25) is 0 Å². The number of ether oxygens (including phenoxy) is 4. The van der Waals surface area contributed by atoms with Gasteiger partial charge in [-0.15, -0.1) is 0 Å². The summed E-state index contributed by atoms with van der Waals surface area (Å²) in [6.07, 6.45) is 6.65. The Kier molecular flexibility index (Phi) is 11.3. The van der Waals surface area contributed by atoms with E-state index in [0.717, 1.165) is 38.5 Å². The van der Waals surface area contributed by atoms with Crippen molar-refractivity contribution in [2.45, 2.75) is 52.4 Å². The van der Waals surface area contributed by atoms with Crippen LogP contribution < -0.4 is 9.47 Å². The fraction of sp³-hybridized carbons (Fsp3) is 0.545. The molecule has 7 nitrogen and oxygen atoms in total. The first-order valence-electron chi connectivity index (χ1n) is 9.99. The second-order valence-electron chi connectivity index (χ2n) is 6.52. The number of phenols is 1. The van der Waals surface area contributed by atoms with Gasteiger partial charge in [0, 0.05) is 0 Å². The molecule has 1 aromatic rings. The number of carbonyl (C=O) groups is 2. The van der Waals surface area contributed by atoms with Crippen molar-refractivity contribution in [1.29, 1.82) is 0 Å². The zero-order chi connectivity index (χ0) is 21.6. The van der Waals surface area contributed by atoms with E-state index in [1.54, 1.807) is 0 Å². The first-order valence-corrected chi connectivity index (χ1v) is 9.99. The molecule has 0 saturated heterocycles. The average molecular weight is 408 g/mol. The Bertz CT molecular complexity index is 643. The van der Waals surface area contributed by atoms with Gasteiger partial charge >= 0.3 is 11.9 Å². The lowest BCUT2D eigenvalue weighted by atomic mass is 10.1. The van der Waals surface area contributed by atoms with Gasteiger partial charge in [0.2, 0.25) is 5.75 Å². The summed E-state index contributed by atoms with van der Waals surface area (Å²) in [6, 6.07) is 2.99. The second-order valence-corrected chi connectivity index (χ2v) is 6.52. The number of esters is 2. The number of rotatable bonds is 13. The monoisotopic (exact) mass is 408 g/mol. The van der Waals surface area contributed by atoms with Gasteiger partial charge in [-0.2, -0.15) is 0 Å². The van der Waals surface area contributed by atoms with Crippen LogP contribution in [0.1, 0.15) is 57.9 Å². The minimum atomic E-state index is -0.743. The van der Waals surface area contributed by atoms with Crippen molar-refractivity contribution in [1.82, 2.24) is 0 Å². The van der Waals surface area contributed by atoms with Gasteiger partial charge in [-0.3, -0.25) is 0 Å². The number of unbranched alkanes of at least 4 members (excludes halogenated alkanes) is 4. The summed E-state index contributed by atoms with van der Waals surface area (Å²) >= 11 is 0. The van der Waals surface area contributed by atoms with E-state index < -0.39 is 11.9 Å². The van der Waals surface area contributed by atoms with E-state index in [4.69, 9.17) is 18.9 Å². The maximum absolute atomic E-state index is 12.5. The minimum absolute atomic E-state index is 0.155. The van der Waals surface area contributed by atoms with E-state index in [9.17, 15) is 14.7 Å². The van der Waals surface area contributed by atoms with E-state index in [1.165, 1.54) is 32.4 Å². The molecule has 1 aromatic carbocycles. The lowest BCUT2D eigenvalue weighted by Crippen LogP contribution is -2.19. The fourth-order valence-corrected chi connectivity index (χ4v) is 2.55. The molecular weight excluding hydrogens is 376 g/mol. The topological polar surface area (TPSA) is 91.3 Å². The molecule has 0 spiro atoms. The highest BCUT2D eigenvalue weighted by molar-refractivity contribution is 6.17. The molecule has 0 aliphatic heterocycles. The van der Waals surface area contributed by atoms with Gasteiger partial charge in [0.1, 0.15) is 5.57 Å². The molecule has 0 amide bonds. The number of hydrogen-bond donors (Lipinski definition) is 1. The quantitative estimate of drug-likeness (QED) is 0.171. The molecule has 0 fully saturated rings. The highest BCUT2D eigenvalue weighted by atomic mass is 16.6. The van der Waals surface area contributed by atoms with Crippen molar-refractivity contribution in [3.05, 3.63) is 23.3 Å². The van der Waals surface area contributed by atoms with E-state index in [-0.39, 0.29) is 36.0 Å². The largest absolute Gasteiger partial charge is 0.502 e. The molecule has 0 aromatic heterocycles. The molecule has 0 atom stereocenters. The smallest absolute Gasteiger partial charge is 0.345 e. The number of phenolic OH excluding ortho intramolecular Hbond substituents is 1. The van der Waals surface area contributed by atoms with Gasteiger partial charge in [0.25, 0.3) is 0 Å². The number of aromatic hydroxyl groups is 1. The Hall–Kier alpha value is -2.70. The van der Waals surface area contributed by atoms with Gasteiger partial charge in [-0.25, -0.2) is 9.59 Å². The summed E-state index contributed by atoms with van der Waals surface area (Å²) in [7, 11) is 2.79. The zero-order valence-corrected chi connectivity index (χ0v) is 17.8. The highest BCUT2D eigenvalue weighted by Gasteiger charge is 2.22. The Balaban J connectivity index is 3.11. The van der Waals surface area contributed by atoms with Crippen LogP contribution in [0.4, 0.5) is 0 Å². The molecule has 0 bridgehead atoms. The van der Waals surface area contributed by atoms with Crippen LogP contribution in [0.5, 0.6) is 17.2 Å². The number of methoxy groups -OCH3 is 2. The second kappa shape index (κ2) is 13.5. The third-order valence-corrected chi connectivity index (χ3v) is 4.22. The molecule has 1 rings (SSSR count). The summed E-state index contributed by atoms with van der Waals surface area (Å²) in [6.45, 7) is 4.56. The molecule has 0 unspecified atom stereocenters. The molecule has 0 radical (unpaired) electrons. The third-order valence-electron chi connectivity index (χ3n) is 4.22. The summed E-state index contributed by atoms with van der Waals surface area (Å²) in [4.78, 5) is 25.0. The van der Waals surface area contributed by atoms with Gasteiger partial charge < -0.3 is 24.1 Å². The van der Waals surface area contributed by atoms with Crippen molar-refractivity contribution in [2.75, 3.05) is 27.4 Å². The standard InChI is InChI=1S/C22H32O7/c1-5-7-9-11-28-21(24)17(22(25)29-12-10-8-6-2)13-16-14-18(26-3)20(23)19(15-16)27-4/h13-15,23H,5-12H2,1-4H3. The summed E-state index contributed by atoms with van der Waals surface area (Å²) in [5.74, 6) is -1.34. The molecular formula is C22H32O7. The van der Waals surface area contributed by atoms with E-state index in [0.29, 0.717) is 5.56 Å². The van der Waals surface area contributed by atoms with Crippen LogP contribution in [0.25, 0.3) is 6.08 Å². The van der Waals surface area contributed by atoms with E-state index in [1.807, 2.05) is 13.8 Å². The molecule has 0 heterocycles. The molecule has 0 aliphatic carbocycles. The van der Waals surface area contributed by atoms with Crippen molar-refractivity contribution in [3.63, 3.8) is 0 Å². The zero-order valence-electron chi connectivity index (χ0n) is 17.8. The van der Waals surface area contributed by atoms with Crippen LogP contribution in [0.15, 0.2) is 17.7 Å². The van der Waals surface area contributed by atoms with Crippen molar-refractivity contribution in [3.8, 4) is 17.2 Å². The van der Waals surface area contributed by atoms with Crippen molar-refractivity contribution >= 4 is 18.0 Å². The number of benzene rings is 1. The maximum Gasteiger partial charge on any atom is 0.345 e. The highest BCUT2D eigenvalue weighted by Crippen LogP contribution is 2.37. The van der Waals surface area contributed by atoms with Crippen LogP contribution >= 0.6 is 0 Å². The van der Waals surface area contributed by atoms with Gasteiger partial charge in [-0.05, 0) is 36.6 Å². The average Bonchev–Trinajstić information content (AvgIpc) is 2.73. The van der Waals surface area contributed by atoms with Crippen molar-refractivity contribution < 1.29 is 33.6 Å². The Morgan fingerprint density at radius 3 is 1.69 bits per heavy atom. The van der Waals surface area contributed by atoms with Gasteiger partial charge in [0.05, 0.1) is 27.4 Å². The molecule has 29 heavy (non-hydrogen) atoms. The Morgan fingerprint density at radius 2 is 1.31 bits per heavy atom. The number of hydrogen-bond acceptors (Lipinski definition) is 7. The summed E-state index contributed by atoms with van der Waals surface area (Å²) < 4.78 is 20.7. The number of carbonyl (C=O) groups excluding carboxylic acids is 2. The first-order chi connectivity index (χ1) is 14.0. The minimum Gasteiger partial charge on any atom is -0.502 e. The lowest BCUT2D eigenvalue weighted by Gasteiger charge is -2.11. The maximum atomic E-state index is 12.5. The van der Waals surface area contributed by atoms with Crippen LogP contribution in [0, 0.1) is 0 Å². The Labute approximate surface area is 172 Å². The predicted octanol–water partition coefficient (Wildman–Crippen LogP) is 4.26. The van der Waals surface area contributed by atoms with Crippen LogP contribution in [-0.4, -0.2) is 44.5 Å².